The number of hydrogen-bond acceptors (Lipinski definition) is 6. The third-order valence-corrected chi connectivity index (χ3v) is 2.45. The first-order valence-corrected chi connectivity index (χ1v) is 5.13. The lowest BCUT2D eigenvalue weighted by Crippen LogP contribution is -2.03. The van der Waals surface area contributed by atoms with Crippen LogP contribution in [0.2, 0.25) is 0 Å². The summed E-state index contributed by atoms with van der Waals surface area (Å²) in [5.41, 5.74) is 5.03. The second kappa shape index (κ2) is 4.84. The van der Waals surface area contributed by atoms with Crippen molar-refractivity contribution in [1.82, 2.24) is 9.97 Å². The minimum absolute atomic E-state index is 0.0890. The van der Waals surface area contributed by atoms with E-state index in [-0.39, 0.29) is 22.8 Å². The van der Waals surface area contributed by atoms with E-state index in [4.69, 9.17) is 10.5 Å². The first kappa shape index (κ1) is 12.7. The summed E-state index contributed by atoms with van der Waals surface area (Å²) in [6, 6.07) is 3.62. The molecule has 8 heteroatoms. The van der Waals surface area contributed by atoms with Crippen LogP contribution in [-0.2, 0) is 0 Å². The number of nitrogens with two attached hydrogens (primary N) is 1. The van der Waals surface area contributed by atoms with Crippen molar-refractivity contribution in [1.29, 1.82) is 0 Å². The van der Waals surface area contributed by atoms with Crippen LogP contribution in [0.5, 0.6) is 5.75 Å². The van der Waals surface area contributed by atoms with E-state index in [1.807, 2.05) is 0 Å². The van der Waals surface area contributed by atoms with Gasteiger partial charge in [-0.15, -0.1) is 0 Å². The highest BCUT2D eigenvalue weighted by molar-refractivity contribution is 5.79. The predicted molar refractivity (Wildman–Crippen MR) is 65.0 cm³/mol. The fraction of sp³-hybridized carbons (Fsp3) is 0.0909. The summed E-state index contributed by atoms with van der Waals surface area (Å²) in [6.07, 6.45) is 1.07. The minimum Gasteiger partial charge on any atom is -0.496 e. The summed E-state index contributed by atoms with van der Waals surface area (Å²) in [4.78, 5) is 17.7. The number of ether oxygens (including phenoxy) is 1. The maximum absolute atomic E-state index is 13.3. The van der Waals surface area contributed by atoms with Crippen LogP contribution in [0.1, 0.15) is 0 Å². The summed E-state index contributed by atoms with van der Waals surface area (Å²) in [6.45, 7) is 0. The number of aromatic nitrogens is 2. The van der Waals surface area contributed by atoms with E-state index >= 15 is 0 Å². The smallest absolute Gasteiger partial charge is 0.337 e. The van der Waals surface area contributed by atoms with Crippen LogP contribution in [0.15, 0.2) is 24.5 Å². The third-order valence-electron chi connectivity index (χ3n) is 2.45. The maximum atomic E-state index is 13.3. The van der Waals surface area contributed by atoms with Crippen LogP contribution in [-0.4, -0.2) is 22.0 Å². The van der Waals surface area contributed by atoms with Crippen molar-refractivity contribution in [3.8, 4) is 17.0 Å². The zero-order chi connectivity index (χ0) is 14.0. The molecule has 2 rings (SSSR count). The molecule has 0 saturated carbocycles. The summed E-state index contributed by atoms with van der Waals surface area (Å²) in [5, 5.41) is 11.0. The Balaban J connectivity index is 2.75. The van der Waals surface area contributed by atoms with Crippen molar-refractivity contribution in [2.24, 2.45) is 0 Å². The Morgan fingerprint density at radius 3 is 2.79 bits per heavy atom. The number of hydrogen-bond donors (Lipinski definition) is 1. The number of anilines is 1. The van der Waals surface area contributed by atoms with E-state index in [9.17, 15) is 14.5 Å². The van der Waals surface area contributed by atoms with Gasteiger partial charge in [0, 0.05) is 0 Å². The quantitative estimate of drug-likeness (QED) is 0.669. The molecule has 0 bridgehead atoms. The maximum Gasteiger partial charge on any atom is 0.337 e. The normalized spacial score (nSPS) is 10.2. The molecule has 1 aromatic heterocycles. The Morgan fingerprint density at radius 1 is 1.42 bits per heavy atom. The number of halogens is 1. The van der Waals surface area contributed by atoms with Gasteiger partial charge in [0.05, 0.1) is 17.6 Å². The number of nitrogen functional groups attached to an aromatic ring is 1. The molecule has 2 N–H and O–H groups in total. The Bertz CT molecular complexity index is 648. The van der Waals surface area contributed by atoms with Gasteiger partial charge in [0.15, 0.2) is 5.69 Å². The number of nitrogens with zero attached hydrogens (tertiary/aromatic N) is 3. The van der Waals surface area contributed by atoms with Crippen LogP contribution in [0.3, 0.4) is 0 Å². The second-order valence-electron chi connectivity index (χ2n) is 3.56. The molecule has 0 aliphatic heterocycles. The van der Waals surface area contributed by atoms with Gasteiger partial charge < -0.3 is 10.5 Å². The van der Waals surface area contributed by atoms with Gasteiger partial charge in [-0.1, -0.05) is 0 Å². The van der Waals surface area contributed by atoms with Crippen LogP contribution in [0, 0.1) is 15.9 Å². The van der Waals surface area contributed by atoms with Gasteiger partial charge in [0.25, 0.3) is 0 Å². The molecule has 19 heavy (non-hydrogen) atoms. The van der Waals surface area contributed by atoms with Crippen molar-refractivity contribution < 1.29 is 14.1 Å². The topological polar surface area (TPSA) is 104 Å². The average Bonchev–Trinajstić information content (AvgIpc) is 2.37. The van der Waals surface area contributed by atoms with Crippen molar-refractivity contribution in [3.05, 3.63) is 40.5 Å². The molecule has 0 unspecified atom stereocenters. The van der Waals surface area contributed by atoms with E-state index in [0.29, 0.717) is 0 Å². The molecule has 0 amide bonds. The van der Waals surface area contributed by atoms with Gasteiger partial charge in [-0.25, -0.2) is 14.4 Å². The molecule has 0 spiro atoms. The Morgan fingerprint density at radius 2 is 2.16 bits per heavy atom. The zero-order valence-corrected chi connectivity index (χ0v) is 9.83. The molecule has 7 nitrogen and oxygen atoms in total. The fourth-order valence-corrected chi connectivity index (χ4v) is 1.63. The lowest BCUT2D eigenvalue weighted by molar-refractivity contribution is -0.383. The molecule has 2 aromatic rings. The van der Waals surface area contributed by atoms with Crippen LogP contribution < -0.4 is 10.5 Å². The summed E-state index contributed by atoms with van der Waals surface area (Å²) < 4.78 is 18.3. The Hall–Kier alpha value is -2.77. The SMILES string of the molecule is COc1ccc(F)cc1-c1ncnc(N)c1[N+](=O)[O-]. The Labute approximate surface area is 107 Å². The molecule has 0 radical (unpaired) electrons. The van der Waals surface area contributed by atoms with Gasteiger partial charge in [-0.05, 0) is 18.2 Å². The van der Waals surface area contributed by atoms with Gasteiger partial charge in [-0.3, -0.25) is 10.1 Å². The van der Waals surface area contributed by atoms with Gasteiger partial charge >= 0.3 is 5.69 Å². The van der Waals surface area contributed by atoms with Crippen molar-refractivity contribution in [3.63, 3.8) is 0 Å². The first-order valence-electron chi connectivity index (χ1n) is 5.13. The van der Waals surface area contributed by atoms with Gasteiger partial charge in [0.1, 0.15) is 17.9 Å². The van der Waals surface area contributed by atoms with E-state index in [0.717, 1.165) is 12.4 Å². The molecule has 0 fully saturated rings. The lowest BCUT2D eigenvalue weighted by atomic mass is 10.1. The number of benzene rings is 1. The van der Waals surface area contributed by atoms with Crippen LogP contribution in [0.4, 0.5) is 15.9 Å². The van der Waals surface area contributed by atoms with Gasteiger partial charge in [-0.2, -0.15) is 0 Å². The molecule has 0 saturated heterocycles. The molecular weight excluding hydrogens is 255 g/mol. The molecule has 0 aliphatic rings. The number of methoxy groups -OCH3 is 1. The zero-order valence-electron chi connectivity index (χ0n) is 9.83. The van der Waals surface area contributed by atoms with Crippen molar-refractivity contribution >= 4 is 11.5 Å². The fourth-order valence-electron chi connectivity index (χ4n) is 1.63. The molecule has 98 valence electrons. The van der Waals surface area contributed by atoms with E-state index in [2.05, 4.69) is 9.97 Å². The van der Waals surface area contributed by atoms with Crippen LogP contribution in [0.25, 0.3) is 11.3 Å². The molecular formula is C11H9FN4O3. The Kier molecular flexibility index (Phi) is 3.23. The number of nitro groups is 1. The average molecular weight is 264 g/mol. The summed E-state index contributed by atoms with van der Waals surface area (Å²) in [7, 11) is 1.37. The minimum atomic E-state index is -0.713. The van der Waals surface area contributed by atoms with E-state index in [1.165, 1.54) is 19.2 Å². The number of rotatable bonds is 3. The highest BCUT2D eigenvalue weighted by Gasteiger charge is 2.24. The molecule has 1 aromatic carbocycles. The van der Waals surface area contributed by atoms with Crippen LogP contribution >= 0.6 is 0 Å². The second-order valence-corrected chi connectivity index (χ2v) is 3.56. The van der Waals surface area contributed by atoms with E-state index in [1.54, 1.807) is 0 Å². The standard InChI is InChI=1S/C11H9FN4O3/c1-19-8-3-2-6(12)4-7(8)9-10(16(17)18)11(13)15-5-14-9/h2-5H,1H3,(H2,13,14,15). The summed E-state index contributed by atoms with van der Waals surface area (Å²) >= 11 is 0. The molecule has 0 aliphatic carbocycles. The highest BCUT2D eigenvalue weighted by Crippen LogP contribution is 2.36. The van der Waals surface area contributed by atoms with Crippen molar-refractivity contribution in [2.45, 2.75) is 0 Å². The lowest BCUT2D eigenvalue weighted by Gasteiger charge is -2.08. The van der Waals surface area contributed by atoms with E-state index < -0.39 is 16.4 Å². The molecule has 0 atom stereocenters. The highest BCUT2D eigenvalue weighted by atomic mass is 19.1. The largest absolute Gasteiger partial charge is 0.496 e. The molecule has 1 heterocycles. The van der Waals surface area contributed by atoms with Crippen molar-refractivity contribution in [2.75, 3.05) is 12.8 Å². The predicted octanol–water partition coefficient (Wildman–Crippen LogP) is 1.78. The summed E-state index contributed by atoms with van der Waals surface area (Å²) in [5.74, 6) is -0.605. The third kappa shape index (κ3) is 2.28. The van der Waals surface area contributed by atoms with Gasteiger partial charge in [0.2, 0.25) is 5.82 Å². The first-order chi connectivity index (χ1) is 9.04. The monoisotopic (exact) mass is 264 g/mol.